The van der Waals surface area contributed by atoms with Gasteiger partial charge in [-0.1, -0.05) is 115 Å². The number of quaternary nitrogens is 1. The molecular formula is C29H54N+. The number of aryl methyl sites for hydroxylation is 1. The van der Waals surface area contributed by atoms with E-state index in [1.54, 1.807) is 5.69 Å². The zero-order valence-corrected chi connectivity index (χ0v) is 21.2. The first-order valence-electron chi connectivity index (χ1n) is 13.6. The predicted molar refractivity (Wildman–Crippen MR) is 138 cm³/mol. The van der Waals surface area contributed by atoms with Crippen LogP contribution in [0.15, 0.2) is 24.3 Å². The number of benzene rings is 1. The largest absolute Gasteiger partial charge is 0.291 e. The van der Waals surface area contributed by atoms with Crippen molar-refractivity contribution in [2.45, 2.75) is 130 Å². The summed E-state index contributed by atoms with van der Waals surface area (Å²) in [6, 6.07) is 9.03. The second kappa shape index (κ2) is 17.8. The fraction of sp³-hybridized carbons (Fsp3) is 0.793. The molecule has 1 nitrogen and oxygen atoms in total. The highest BCUT2D eigenvalue weighted by Gasteiger charge is 2.27. The smallest absolute Gasteiger partial charge is 0.135 e. The first-order chi connectivity index (χ1) is 14.7. The van der Waals surface area contributed by atoms with Crippen LogP contribution in [0.3, 0.4) is 0 Å². The summed E-state index contributed by atoms with van der Waals surface area (Å²) >= 11 is 0. The van der Waals surface area contributed by atoms with E-state index in [0.717, 1.165) is 4.48 Å². The molecule has 0 bridgehead atoms. The lowest BCUT2D eigenvalue weighted by molar-refractivity contribution is 0.290. The van der Waals surface area contributed by atoms with Crippen LogP contribution in [0.4, 0.5) is 5.69 Å². The van der Waals surface area contributed by atoms with Gasteiger partial charge >= 0.3 is 0 Å². The summed E-state index contributed by atoms with van der Waals surface area (Å²) in [5, 5.41) is 0. The average Bonchev–Trinajstić information content (AvgIpc) is 2.77. The van der Waals surface area contributed by atoms with Gasteiger partial charge in [0.15, 0.2) is 0 Å². The van der Waals surface area contributed by atoms with Gasteiger partial charge in [-0.05, 0) is 39.7 Å². The van der Waals surface area contributed by atoms with Gasteiger partial charge in [0.05, 0.1) is 19.6 Å². The Bertz CT molecular complexity index is 503. The summed E-state index contributed by atoms with van der Waals surface area (Å²) in [5.74, 6) is 0. The summed E-state index contributed by atoms with van der Waals surface area (Å²) < 4.78 is 1.16. The summed E-state index contributed by atoms with van der Waals surface area (Å²) in [6.07, 6.45) is 23.1. The van der Waals surface area contributed by atoms with Gasteiger partial charge in [-0.3, -0.25) is 4.48 Å². The van der Waals surface area contributed by atoms with Crippen molar-refractivity contribution >= 4 is 5.69 Å². The molecule has 30 heavy (non-hydrogen) atoms. The van der Waals surface area contributed by atoms with E-state index in [1.165, 1.54) is 128 Å². The van der Waals surface area contributed by atoms with Gasteiger partial charge in [0, 0.05) is 5.56 Å². The molecule has 0 saturated heterocycles. The highest BCUT2D eigenvalue weighted by Crippen LogP contribution is 2.28. The lowest BCUT2D eigenvalue weighted by Gasteiger charge is -2.37. The SMILES string of the molecule is CCCCCCCCCCCCCCCCCC[N+](CC)(CC)c1ccccc1C. The number of nitrogens with zero attached hydrogens (tertiary/aromatic N) is 1. The molecule has 0 spiro atoms. The topological polar surface area (TPSA) is 0 Å². The Morgan fingerprint density at radius 1 is 0.533 bits per heavy atom. The molecule has 1 heteroatoms. The Morgan fingerprint density at radius 3 is 1.33 bits per heavy atom. The molecule has 0 aliphatic carbocycles. The van der Waals surface area contributed by atoms with Crippen molar-refractivity contribution in [2.75, 3.05) is 19.6 Å². The highest BCUT2D eigenvalue weighted by molar-refractivity contribution is 5.49. The van der Waals surface area contributed by atoms with Gasteiger partial charge in [0.1, 0.15) is 5.69 Å². The van der Waals surface area contributed by atoms with Gasteiger partial charge in [-0.15, -0.1) is 0 Å². The maximum Gasteiger partial charge on any atom is 0.135 e. The minimum Gasteiger partial charge on any atom is -0.291 e. The Morgan fingerprint density at radius 2 is 0.933 bits per heavy atom. The number of rotatable bonds is 20. The van der Waals surface area contributed by atoms with E-state index < -0.39 is 0 Å². The first kappa shape index (κ1) is 27.2. The minimum absolute atomic E-state index is 1.16. The predicted octanol–water partition coefficient (Wildman–Crippen LogP) is 9.60. The van der Waals surface area contributed by atoms with Crippen molar-refractivity contribution in [3.63, 3.8) is 0 Å². The molecular weight excluding hydrogens is 362 g/mol. The van der Waals surface area contributed by atoms with Crippen LogP contribution in [0, 0.1) is 6.92 Å². The van der Waals surface area contributed by atoms with Crippen LogP contribution in [-0.4, -0.2) is 19.6 Å². The fourth-order valence-corrected chi connectivity index (χ4v) is 5.06. The van der Waals surface area contributed by atoms with Gasteiger partial charge in [0.25, 0.3) is 0 Å². The van der Waals surface area contributed by atoms with Crippen LogP contribution in [0.5, 0.6) is 0 Å². The van der Waals surface area contributed by atoms with Crippen LogP contribution in [0.2, 0.25) is 0 Å². The Balaban J connectivity index is 2.02. The Labute approximate surface area is 190 Å². The third kappa shape index (κ3) is 11.0. The standard InChI is InChI=1S/C29H54N/c1-5-8-9-10-11-12-13-14-15-16-17-18-19-20-21-24-27-30(6-2,7-3)29-26-23-22-25-28(29)4/h22-23,25-26H,5-21,24,27H2,1-4H3/q+1. The molecule has 0 unspecified atom stereocenters. The molecule has 0 aliphatic heterocycles. The molecule has 0 aliphatic rings. The van der Waals surface area contributed by atoms with Crippen molar-refractivity contribution < 1.29 is 0 Å². The van der Waals surface area contributed by atoms with Crippen LogP contribution in [-0.2, 0) is 0 Å². The van der Waals surface area contributed by atoms with Gasteiger partial charge in [0.2, 0.25) is 0 Å². The Kier molecular flexibility index (Phi) is 16.2. The number of hydrogen-bond donors (Lipinski definition) is 0. The van der Waals surface area contributed by atoms with E-state index >= 15 is 0 Å². The molecule has 0 aromatic heterocycles. The van der Waals surface area contributed by atoms with E-state index in [2.05, 4.69) is 52.0 Å². The van der Waals surface area contributed by atoms with E-state index in [1.807, 2.05) is 0 Å². The van der Waals surface area contributed by atoms with Crippen molar-refractivity contribution in [2.24, 2.45) is 0 Å². The second-order valence-corrected chi connectivity index (χ2v) is 9.59. The zero-order valence-electron chi connectivity index (χ0n) is 21.2. The summed E-state index contributed by atoms with van der Waals surface area (Å²) in [7, 11) is 0. The molecule has 0 radical (unpaired) electrons. The van der Waals surface area contributed by atoms with Gasteiger partial charge < -0.3 is 0 Å². The molecule has 0 heterocycles. The van der Waals surface area contributed by atoms with Crippen LogP contribution < -0.4 is 4.48 Å². The molecule has 1 aromatic carbocycles. The normalized spacial score (nSPS) is 11.9. The number of para-hydroxylation sites is 1. The third-order valence-electron chi connectivity index (χ3n) is 7.28. The monoisotopic (exact) mass is 416 g/mol. The summed E-state index contributed by atoms with van der Waals surface area (Å²) in [6.45, 7) is 13.0. The fourth-order valence-electron chi connectivity index (χ4n) is 5.06. The molecule has 0 saturated carbocycles. The van der Waals surface area contributed by atoms with Crippen molar-refractivity contribution in [3.05, 3.63) is 29.8 Å². The molecule has 0 amide bonds. The lowest BCUT2D eigenvalue weighted by Crippen LogP contribution is -2.50. The summed E-state index contributed by atoms with van der Waals surface area (Å²) in [5.41, 5.74) is 3.00. The van der Waals surface area contributed by atoms with E-state index in [4.69, 9.17) is 0 Å². The molecule has 1 aromatic rings. The molecule has 0 atom stereocenters. The van der Waals surface area contributed by atoms with Gasteiger partial charge in [-0.25, -0.2) is 0 Å². The van der Waals surface area contributed by atoms with E-state index in [9.17, 15) is 0 Å². The van der Waals surface area contributed by atoms with Gasteiger partial charge in [-0.2, -0.15) is 0 Å². The van der Waals surface area contributed by atoms with Crippen molar-refractivity contribution in [3.8, 4) is 0 Å². The lowest BCUT2D eigenvalue weighted by atomic mass is 10.0. The third-order valence-corrected chi connectivity index (χ3v) is 7.28. The van der Waals surface area contributed by atoms with Crippen molar-refractivity contribution in [1.82, 2.24) is 4.48 Å². The highest BCUT2D eigenvalue weighted by atomic mass is 15.3. The molecule has 1 rings (SSSR count). The molecule has 0 N–H and O–H groups in total. The molecule has 0 fully saturated rings. The number of hydrogen-bond acceptors (Lipinski definition) is 0. The van der Waals surface area contributed by atoms with E-state index in [0.29, 0.717) is 0 Å². The maximum atomic E-state index is 2.36. The van der Waals surface area contributed by atoms with Crippen LogP contribution in [0.25, 0.3) is 0 Å². The molecule has 174 valence electrons. The van der Waals surface area contributed by atoms with Crippen LogP contribution >= 0.6 is 0 Å². The average molecular weight is 417 g/mol. The van der Waals surface area contributed by atoms with Crippen molar-refractivity contribution in [1.29, 1.82) is 0 Å². The van der Waals surface area contributed by atoms with E-state index in [-0.39, 0.29) is 0 Å². The number of unbranched alkanes of at least 4 members (excludes halogenated alkanes) is 15. The summed E-state index contributed by atoms with van der Waals surface area (Å²) in [4.78, 5) is 0. The second-order valence-electron chi connectivity index (χ2n) is 9.59. The zero-order chi connectivity index (χ0) is 21.9. The quantitative estimate of drug-likeness (QED) is 0.146. The maximum absolute atomic E-state index is 2.36. The van der Waals surface area contributed by atoms with Crippen LogP contribution in [0.1, 0.15) is 129 Å². The minimum atomic E-state index is 1.16. The Hall–Kier alpha value is -0.820. The first-order valence-corrected chi connectivity index (χ1v) is 13.6.